The van der Waals surface area contributed by atoms with Gasteiger partial charge in [0.2, 0.25) is 5.91 Å². The highest BCUT2D eigenvalue weighted by atomic mass is 16.5. The van der Waals surface area contributed by atoms with Gasteiger partial charge in [-0.2, -0.15) is 0 Å². The number of hydrogen-bond donors (Lipinski definition) is 3. The molecule has 26 heavy (non-hydrogen) atoms. The zero-order valence-electron chi connectivity index (χ0n) is 14.8. The van der Waals surface area contributed by atoms with Crippen molar-refractivity contribution in [1.82, 2.24) is 5.32 Å². The van der Waals surface area contributed by atoms with Gasteiger partial charge in [0.15, 0.2) is 0 Å². The first-order chi connectivity index (χ1) is 12.6. The molecule has 3 N–H and O–H groups in total. The van der Waals surface area contributed by atoms with Crippen LogP contribution in [0.1, 0.15) is 24.5 Å². The predicted molar refractivity (Wildman–Crippen MR) is 102 cm³/mol. The number of carbonyl (C=O) groups is 2. The Morgan fingerprint density at radius 2 is 1.65 bits per heavy atom. The number of nitrogens with one attached hydrogen (secondary N) is 3. The van der Waals surface area contributed by atoms with Gasteiger partial charge in [-0.05, 0) is 66.8 Å². The van der Waals surface area contributed by atoms with Crippen LogP contribution in [0.5, 0.6) is 5.75 Å². The summed E-state index contributed by atoms with van der Waals surface area (Å²) in [6.07, 6.45) is 3.49. The normalized spacial score (nSPS) is 12.2. The highest BCUT2D eigenvalue weighted by molar-refractivity contribution is 5.91. The Morgan fingerprint density at radius 3 is 2.38 bits per heavy atom. The highest BCUT2D eigenvalue weighted by Gasteiger charge is 2.11. The van der Waals surface area contributed by atoms with Crippen molar-refractivity contribution in [2.24, 2.45) is 0 Å². The fourth-order valence-electron chi connectivity index (χ4n) is 2.99. The molecule has 1 aliphatic rings. The molecule has 1 aliphatic carbocycles. The third kappa shape index (κ3) is 4.99. The SMILES string of the molecule is CC(=O)Nc1ccc(NC(=O)NCCOc2ccc3c(c2)CCC3)cc1. The topological polar surface area (TPSA) is 79.5 Å². The highest BCUT2D eigenvalue weighted by Crippen LogP contribution is 2.25. The third-order valence-corrected chi connectivity index (χ3v) is 4.19. The van der Waals surface area contributed by atoms with Crippen molar-refractivity contribution >= 4 is 23.3 Å². The number of aryl methyl sites for hydroxylation is 2. The minimum absolute atomic E-state index is 0.133. The lowest BCUT2D eigenvalue weighted by Crippen LogP contribution is -2.32. The summed E-state index contributed by atoms with van der Waals surface area (Å²) in [6, 6.07) is 12.8. The number of amides is 3. The van der Waals surface area contributed by atoms with E-state index in [0.29, 0.717) is 24.5 Å². The summed E-state index contributed by atoms with van der Waals surface area (Å²) < 4.78 is 5.70. The van der Waals surface area contributed by atoms with E-state index in [2.05, 4.69) is 28.1 Å². The van der Waals surface area contributed by atoms with Crippen LogP contribution < -0.4 is 20.7 Å². The minimum atomic E-state index is -0.296. The van der Waals surface area contributed by atoms with Gasteiger partial charge in [0, 0.05) is 18.3 Å². The van der Waals surface area contributed by atoms with E-state index >= 15 is 0 Å². The molecule has 3 rings (SSSR count). The van der Waals surface area contributed by atoms with E-state index in [4.69, 9.17) is 4.74 Å². The summed E-state index contributed by atoms with van der Waals surface area (Å²) in [5.74, 6) is 0.716. The molecule has 0 spiro atoms. The first kappa shape index (κ1) is 17.8. The van der Waals surface area contributed by atoms with Crippen LogP contribution in [-0.2, 0) is 17.6 Å². The summed E-state index contributed by atoms with van der Waals surface area (Å²) in [5, 5.41) is 8.17. The minimum Gasteiger partial charge on any atom is -0.492 e. The summed E-state index contributed by atoms with van der Waals surface area (Å²) in [7, 11) is 0. The van der Waals surface area contributed by atoms with E-state index in [1.165, 1.54) is 24.5 Å². The number of benzene rings is 2. The maximum Gasteiger partial charge on any atom is 0.319 e. The standard InChI is InChI=1S/C20H23N3O3/c1-14(24)22-17-6-8-18(9-7-17)23-20(25)21-11-12-26-19-10-5-15-3-2-4-16(15)13-19/h5-10,13H,2-4,11-12H2,1H3,(H,22,24)(H2,21,23,25). The van der Waals surface area contributed by atoms with Gasteiger partial charge in [-0.1, -0.05) is 6.07 Å². The molecule has 3 amide bonds. The lowest BCUT2D eigenvalue weighted by Gasteiger charge is -2.10. The van der Waals surface area contributed by atoms with Crippen LogP contribution in [0.15, 0.2) is 42.5 Å². The number of rotatable bonds is 6. The molecule has 0 atom stereocenters. The van der Waals surface area contributed by atoms with Crippen molar-refractivity contribution < 1.29 is 14.3 Å². The number of urea groups is 1. The van der Waals surface area contributed by atoms with Crippen molar-refractivity contribution in [2.45, 2.75) is 26.2 Å². The van der Waals surface area contributed by atoms with E-state index in [1.54, 1.807) is 24.3 Å². The van der Waals surface area contributed by atoms with Gasteiger partial charge in [-0.25, -0.2) is 4.79 Å². The van der Waals surface area contributed by atoms with Crippen LogP contribution in [0, 0.1) is 0 Å². The number of ether oxygens (including phenoxy) is 1. The molecule has 6 heteroatoms. The molecule has 0 radical (unpaired) electrons. The van der Waals surface area contributed by atoms with E-state index in [-0.39, 0.29) is 11.9 Å². The third-order valence-electron chi connectivity index (χ3n) is 4.19. The van der Waals surface area contributed by atoms with Gasteiger partial charge in [0.05, 0.1) is 6.54 Å². The van der Waals surface area contributed by atoms with Crippen LogP contribution in [-0.4, -0.2) is 25.1 Å². The molecule has 2 aromatic rings. The van der Waals surface area contributed by atoms with Crippen LogP contribution in [0.25, 0.3) is 0 Å². The van der Waals surface area contributed by atoms with Crippen LogP contribution in [0.3, 0.4) is 0 Å². The van der Waals surface area contributed by atoms with Gasteiger partial charge in [0.25, 0.3) is 0 Å². The Balaban J connectivity index is 1.38. The van der Waals surface area contributed by atoms with Gasteiger partial charge < -0.3 is 20.7 Å². The Hall–Kier alpha value is -3.02. The molecule has 0 heterocycles. The first-order valence-electron chi connectivity index (χ1n) is 8.77. The average molecular weight is 353 g/mol. The van der Waals surface area contributed by atoms with Crippen LogP contribution >= 0.6 is 0 Å². The largest absolute Gasteiger partial charge is 0.492 e. The summed E-state index contributed by atoms with van der Waals surface area (Å²) >= 11 is 0. The zero-order chi connectivity index (χ0) is 18.4. The maximum atomic E-state index is 11.9. The van der Waals surface area contributed by atoms with Gasteiger partial charge >= 0.3 is 6.03 Å². The molecule has 0 saturated carbocycles. The van der Waals surface area contributed by atoms with Gasteiger partial charge in [-0.3, -0.25) is 4.79 Å². The smallest absolute Gasteiger partial charge is 0.319 e. The maximum absolute atomic E-state index is 11.9. The molecular formula is C20H23N3O3. The van der Waals surface area contributed by atoms with E-state index in [0.717, 1.165) is 18.6 Å². The quantitative estimate of drug-likeness (QED) is 0.697. The summed E-state index contributed by atoms with van der Waals surface area (Å²) in [4.78, 5) is 22.9. The molecule has 2 aromatic carbocycles. The number of fused-ring (bicyclic) bond motifs is 1. The molecule has 136 valence electrons. The molecule has 6 nitrogen and oxygen atoms in total. The van der Waals surface area contributed by atoms with Crippen LogP contribution in [0.2, 0.25) is 0 Å². The summed E-state index contributed by atoms with van der Waals surface area (Å²) in [5.41, 5.74) is 4.12. The van der Waals surface area contributed by atoms with Crippen molar-refractivity contribution in [3.63, 3.8) is 0 Å². The zero-order valence-corrected chi connectivity index (χ0v) is 14.8. The van der Waals surface area contributed by atoms with E-state index in [1.807, 2.05) is 6.07 Å². The first-order valence-corrected chi connectivity index (χ1v) is 8.77. The molecule has 0 aromatic heterocycles. The van der Waals surface area contributed by atoms with Crippen molar-refractivity contribution in [1.29, 1.82) is 0 Å². The lowest BCUT2D eigenvalue weighted by atomic mass is 10.1. The van der Waals surface area contributed by atoms with Gasteiger partial charge in [0.1, 0.15) is 12.4 Å². The second kappa shape index (κ2) is 8.38. The Kier molecular flexibility index (Phi) is 5.73. The Bertz CT molecular complexity index is 787. The second-order valence-electron chi connectivity index (χ2n) is 6.27. The summed E-state index contributed by atoms with van der Waals surface area (Å²) in [6.45, 7) is 2.27. The molecule has 0 unspecified atom stereocenters. The number of hydrogen-bond acceptors (Lipinski definition) is 3. The number of carbonyl (C=O) groups excluding carboxylic acids is 2. The number of anilines is 2. The lowest BCUT2D eigenvalue weighted by molar-refractivity contribution is -0.114. The fraction of sp³-hybridized carbons (Fsp3) is 0.300. The van der Waals surface area contributed by atoms with Crippen molar-refractivity contribution in [3.8, 4) is 5.75 Å². The molecule has 0 saturated heterocycles. The fourth-order valence-corrected chi connectivity index (χ4v) is 2.99. The average Bonchev–Trinajstić information content (AvgIpc) is 3.08. The monoisotopic (exact) mass is 353 g/mol. The van der Waals surface area contributed by atoms with Crippen molar-refractivity contribution in [3.05, 3.63) is 53.6 Å². The molecule has 0 bridgehead atoms. The van der Waals surface area contributed by atoms with Crippen LogP contribution in [0.4, 0.5) is 16.2 Å². The van der Waals surface area contributed by atoms with Gasteiger partial charge in [-0.15, -0.1) is 0 Å². The van der Waals surface area contributed by atoms with E-state index in [9.17, 15) is 9.59 Å². The molecule has 0 fully saturated rings. The Morgan fingerprint density at radius 1 is 0.962 bits per heavy atom. The molecule has 0 aliphatic heterocycles. The molecular weight excluding hydrogens is 330 g/mol. The van der Waals surface area contributed by atoms with E-state index < -0.39 is 0 Å². The predicted octanol–water partition coefficient (Wildman–Crippen LogP) is 3.33. The second-order valence-corrected chi connectivity index (χ2v) is 6.27. The Labute approximate surface area is 152 Å². The van der Waals surface area contributed by atoms with Crippen molar-refractivity contribution in [2.75, 3.05) is 23.8 Å².